The van der Waals surface area contributed by atoms with Gasteiger partial charge in [0.15, 0.2) is 5.69 Å². The van der Waals surface area contributed by atoms with Gasteiger partial charge in [0, 0.05) is 19.7 Å². The molecule has 8 nitrogen and oxygen atoms in total. The number of alkyl halides is 3. The van der Waals surface area contributed by atoms with Crippen LogP contribution in [0.2, 0.25) is 0 Å². The van der Waals surface area contributed by atoms with Gasteiger partial charge in [0.25, 0.3) is 0 Å². The van der Waals surface area contributed by atoms with Crippen molar-refractivity contribution in [2.24, 2.45) is 7.05 Å². The number of hydrogen-bond donors (Lipinski definition) is 0. The molecule has 0 saturated carbocycles. The number of likely N-dealkylation sites (N-methyl/N-ethyl adjacent to an activating group) is 2. The number of hydrogen-bond acceptors (Lipinski definition) is 6. The highest BCUT2D eigenvalue weighted by atomic mass is 19.4. The number of aromatic nitrogens is 3. The minimum atomic E-state index is -4.67. The third-order valence-corrected chi connectivity index (χ3v) is 6.27. The van der Waals surface area contributed by atoms with E-state index in [2.05, 4.69) is 9.97 Å². The minimum Gasteiger partial charge on any atom is -0.491 e. The Bertz CT molecular complexity index is 1300. The number of nitriles is 1. The zero-order valence-electron chi connectivity index (χ0n) is 19.6. The number of ether oxygens (including phenoxy) is 1. The summed E-state index contributed by atoms with van der Waals surface area (Å²) in [6, 6.07) is 7.02. The van der Waals surface area contributed by atoms with Crippen LogP contribution < -0.4 is 4.74 Å². The first-order chi connectivity index (χ1) is 16.6. The molecule has 1 aromatic carbocycles. The van der Waals surface area contributed by atoms with Crippen molar-refractivity contribution < 1.29 is 22.7 Å². The van der Waals surface area contributed by atoms with Crippen molar-refractivity contribution in [1.29, 1.82) is 5.26 Å². The molecule has 0 aliphatic carbocycles. The van der Waals surface area contributed by atoms with Crippen LogP contribution in [0.25, 0.3) is 22.3 Å². The smallest absolute Gasteiger partial charge is 0.419 e. The summed E-state index contributed by atoms with van der Waals surface area (Å²) in [5.41, 5.74) is 0.470. The first-order valence-corrected chi connectivity index (χ1v) is 11.1. The maximum atomic E-state index is 13.9. The molecule has 1 fully saturated rings. The summed E-state index contributed by atoms with van der Waals surface area (Å²) in [4.78, 5) is 24.4. The average molecular weight is 486 g/mol. The molecule has 0 bridgehead atoms. The molecule has 35 heavy (non-hydrogen) atoms. The summed E-state index contributed by atoms with van der Waals surface area (Å²) < 4.78 is 48.8. The van der Waals surface area contributed by atoms with Crippen LogP contribution in [0.3, 0.4) is 0 Å². The number of carbonyl (C=O) groups is 1. The third kappa shape index (κ3) is 4.93. The van der Waals surface area contributed by atoms with E-state index in [4.69, 9.17) is 4.74 Å². The molecule has 0 radical (unpaired) electrons. The highest BCUT2D eigenvalue weighted by molar-refractivity contribution is 5.84. The van der Waals surface area contributed by atoms with Gasteiger partial charge in [-0.3, -0.25) is 9.69 Å². The van der Waals surface area contributed by atoms with Gasteiger partial charge in [-0.05, 0) is 50.7 Å². The molecule has 4 rings (SSSR count). The van der Waals surface area contributed by atoms with Gasteiger partial charge in [-0.2, -0.15) is 18.4 Å². The van der Waals surface area contributed by atoms with Crippen molar-refractivity contribution in [3.8, 4) is 23.1 Å². The van der Waals surface area contributed by atoms with Crippen LogP contribution >= 0.6 is 0 Å². The van der Waals surface area contributed by atoms with E-state index in [1.807, 2.05) is 18.0 Å². The second-order valence-electron chi connectivity index (χ2n) is 8.65. The number of aryl methyl sites for hydroxylation is 1. The normalized spacial score (nSPS) is 16.4. The van der Waals surface area contributed by atoms with Crippen molar-refractivity contribution >= 4 is 16.9 Å². The van der Waals surface area contributed by atoms with Gasteiger partial charge in [0.2, 0.25) is 5.91 Å². The van der Waals surface area contributed by atoms with E-state index < -0.39 is 11.7 Å². The lowest BCUT2D eigenvalue weighted by Gasteiger charge is -2.25. The van der Waals surface area contributed by atoms with E-state index in [1.165, 1.54) is 23.4 Å². The number of halogens is 3. The van der Waals surface area contributed by atoms with Crippen molar-refractivity contribution in [3.05, 3.63) is 41.9 Å². The van der Waals surface area contributed by atoms with Gasteiger partial charge in [-0.1, -0.05) is 0 Å². The van der Waals surface area contributed by atoms with E-state index in [1.54, 1.807) is 24.7 Å². The molecule has 0 spiro atoms. The molecule has 0 N–H and O–H groups in total. The lowest BCUT2D eigenvalue weighted by Crippen LogP contribution is -2.43. The van der Waals surface area contributed by atoms with Crippen LogP contribution in [0.4, 0.5) is 13.2 Å². The molecular weight excluding hydrogens is 461 g/mol. The van der Waals surface area contributed by atoms with Crippen molar-refractivity contribution in [3.63, 3.8) is 0 Å². The van der Waals surface area contributed by atoms with E-state index >= 15 is 0 Å². The molecule has 2 aromatic heterocycles. The fourth-order valence-electron chi connectivity index (χ4n) is 4.27. The molecule has 1 amide bonds. The second-order valence-corrected chi connectivity index (χ2v) is 8.65. The number of nitrogens with zero attached hydrogens (tertiary/aromatic N) is 6. The lowest BCUT2D eigenvalue weighted by molar-refractivity contribution is -0.139. The van der Waals surface area contributed by atoms with Gasteiger partial charge in [0.1, 0.15) is 23.9 Å². The SMILES string of the molecule is CN(CCOc1ccc(-c2cc3c(ncn3C)c(C#N)n2)cc1C(F)(F)F)C(=O)[C@H]1CCCN1C. The van der Waals surface area contributed by atoms with E-state index in [-0.39, 0.29) is 47.8 Å². The molecule has 1 aliphatic rings. The molecule has 3 heterocycles. The number of carbonyl (C=O) groups excluding carboxylic acids is 1. The Balaban J connectivity index is 1.55. The maximum absolute atomic E-state index is 13.9. The average Bonchev–Trinajstić information content (AvgIpc) is 3.42. The number of amides is 1. The summed E-state index contributed by atoms with van der Waals surface area (Å²) in [5.74, 6) is -0.396. The van der Waals surface area contributed by atoms with Crippen molar-refractivity contribution in [1.82, 2.24) is 24.3 Å². The van der Waals surface area contributed by atoms with Gasteiger partial charge >= 0.3 is 6.18 Å². The zero-order valence-corrected chi connectivity index (χ0v) is 19.6. The molecule has 1 saturated heterocycles. The topological polar surface area (TPSA) is 87.3 Å². The number of fused-ring (bicyclic) bond motifs is 1. The first-order valence-electron chi connectivity index (χ1n) is 11.1. The van der Waals surface area contributed by atoms with Crippen LogP contribution in [0.1, 0.15) is 24.1 Å². The highest BCUT2D eigenvalue weighted by Gasteiger charge is 2.35. The fourth-order valence-corrected chi connectivity index (χ4v) is 4.27. The van der Waals surface area contributed by atoms with Crippen LogP contribution in [-0.2, 0) is 18.0 Å². The number of pyridine rings is 1. The maximum Gasteiger partial charge on any atom is 0.419 e. The Hall–Kier alpha value is -3.65. The first kappa shape index (κ1) is 24.5. The van der Waals surface area contributed by atoms with Crippen molar-refractivity contribution in [2.45, 2.75) is 25.1 Å². The van der Waals surface area contributed by atoms with Gasteiger partial charge in [-0.25, -0.2) is 9.97 Å². The fraction of sp³-hybridized carbons (Fsp3) is 0.417. The van der Waals surface area contributed by atoms with E-state index in [0.29, 0.717) is 11.0 Å². The van der Waals surface area contributed by atoms with Crippen LogP contribution in [0.5, 0.6) is 5.75 Å². The Kier molecular flexibility index (Phi) is 6.67. The van der Waals surface area contributed by atoms with Crippen molar-refractivity contribution in [2.75, 3.05) is 33.8 Å². The monoisotopic (exact) mass is 486 g/mol. The Morgan fingerprint density at radius 1 is 1.31 bits per heavy atom. The second kappa shape index (κ2) is 9.54. The number of likely N-dealkylation sites (tertiary alicyclic amines) is 1. The molecule has 3 aromatic rings. The molecular formula is C24H25F3N6O2. The summed E-state index contributed by atoms with van der Waals surface area (Å²) in [7, 11) is 5.24. The third-order valence-electron chi connectivity index (χ3n) is 6.27. The van der Waals surface area contributed by atoms with Crippen LogP contribution in [0.15, 0.2) is 30.6 Å². The standard InChI is InChI=1S/C24H25F3N6O2/c1-31-8-4-5-19(31)23(34)32(2)9-10-35-21-7-6-15(11-16(21)24(25,26)27)17-12-20-22(18(13-28)30-17)29-14-33(20)3/h6-7,11-12,14,19H,4-5,8-10H2,1-3H3/t19-/m1/s1. The predicted molar refractivity (Wildman–Crippen MR) is 122 cm³/mol. The van der Waals surface area contributed by atoms with Gasteiger partial charge < -0.3 is 14.2 Å². The molecule has 0 unspecified atom stereocenters. The summed E-state index contributed by atoms with van der Waals surface area (Å²) >= 11 is 0. The quantitative estimate of drug-likeness (QED) is 0.531. The molecule has 1 aliphatic heterocycles. The predicted octanol–water partition coefficient (Wildman–Crippen LogP) is 3.46. The molecule has 1 atom stereocenters. The summed E-state index contributed by atoms with van der Waals surface area (Å²) in [6.45, 7) is 0.922. The van der Waals surface area contributed by atoms with E-state index in [0.717, 1.165) is 25.5 Å². The number of imidazole rings is 1. The Labute approximate surface area is 200 Å². The van der Waals surface area contributed by atoms with Crippen LogP contribution in [-0.4, -0.2) is 70.1 Å². The Morgan fingerprint density at radius 2 is 2.09 bits per heavy atom. The van der Waals surface area contributed by atoms with Gasteiger partial charge in [-0.15, -0.1) is 0 Å². The zero-order chi connectivity index (χ0) is 25.3. The lowest BCUT2D eigenvalue weighted by atomic mass is 10.1. The Morgan fingerprint density at radius 3 is 2.74 bits per heavy atom. The van der Waals surface area contributed by atoms with Gasteiger partial charge in [0.05, 0.1) is 35.7 Å². The van der Waals surface area contributed by atoms with E-state index in [9.17, 15) is 23.2 Å². The van der Waals surface area contributed by atoms with Crippen LogP contribution in [0, 0.1) is 11.3 Å². The molecule has 184 valence electrons. The molecule has 11 heteroatoms. The summed E-state index contributed by atoms with van der Waals surface area (Å²) in [6.07, 6.45) is -1.45. The number of benzene rings is 1. The summed E-state index contributed by atoms with van der Waals surface area (Å²) in [5, 5.41) is 9.42. The highest BCUT2D eigenvalue weighted by Crippen LogP contribution is 2.39. The number of rotatable bonds is 6. The largest absolute Gasteiger partial charge is 0.491 e. The minimum absolute atomic E-state index is 0.0348.